The predicted molar refractivity (Wildman–Crippen MR) is 74.9 cm³/mol. The van der Waals surface area contributed by atoms with Crippen molar-refractivity contribution in [3.05, 3.63) is 22.5 Å². The summed E-state index contributed by atoms with van der Waals surface area (Å²) in [7, 11) is 0. The molecular weight excluding hydrogens is 272 g/mol. The zero-order valence-corrected chi connectivity index (χ0v) is 12.2. The lowest BCUT2D eigenvalue weighted by molar-refractivity contribution is -0.186. The van der Waals surface area contributed by atoms with Crippen LogP contribution in [0.15, 0.2) is 0 Å². The number of nitrogens with one attached hydrogen (secondary N) is 2. The Kier molecular flexibility index (Phi) is 4.07. The van der Waals surface area contributed by atoms with Crippen molar-refractivity contribution >= 4 is 11.7 Å². The van der Waals surface area contributed by atoms with Crippen LogP contribution in [0.3, 0.4) is 0 Å². The second-order valence-electron chi connectivity index (χ2n) is 5.60. The number of amides is 1. The van der Waals surface area contributed by atoms with Crippen molar-refractivity contribution in [3.63, 3.8) is 0 Å². The third-order valence-electron chi connectivity index (χ3n) is 4.09. The molecule has 2 heterocycles. The first-order valence-corrected chi connectivity index (χ1v) is 7.49. The normalized spacial score (nSPS) is 22.0. The molecule has 1 aliphatic carbocycles. The second kappa shape index (κ2) is 5.99. The monoisotopic (exact) mass is 292 g/mol. The van der Waals surface area contributed by atoms with Crippen LogP contribution in [-0.4, -0.2) is 29.6 Å². The third kappa shape index (κ3) is 2.87. The van der Waals surface area contributed by atoms with Crippen molar-refractivity contribution in [3.8, 4) is 0 Å². The Balaban J connectivity index is 1.68. The SMILES string of the molecule is Cc1c(C(=O)NOC2CCCCO2)[nH]c2c1C(=O)CCC2. The highest BCUT2D eigenvalue weighted by atomic mass is 16.8. The molecule has 0 saturated carbocycles. The highest BCUT2D eigenvalue weighted by molar-refractivity contribution is 6.04. The van der Waals surface area contributed by atoms with Gasteiger partial charge in [-0.05, 0) is 38.2 Å². The molecule has 0 spiro atoms. The van der Waals surface area contributed by atoms with Gasteiger partial charge in [0.1, 0.15) is 5.69 Å². The van der Waals surface area contributed by atoms with Gasteiger partial charge in [0.15, 0.2) is 12.1 Å². The minimum atomic E-state index is -0.380. The van der Waals surface area contributed by atoms with E-state index in [4.69, 9.17) is 9.57 Å². The van der Waals surface area contributed by atoms with Crippen LogP contribution in [0.5, 0.6) is 0 Å². The van der Waals surface area contributed by atoms with Crippen LogP contribution < -0.4 is 5.48 Å². The van der Waals surface area contributed by atoms with Gasteiger partial charge in [-0.15, -0.1) is 0 Å². The lowest BCUT2D eigenvalue weighted by Crippen LogP contribution is -2.33. The summed E-state index contributed by atoms with van der Waals surface area (Å²) in [4.78, 5) is 32.5. The fraction of sp³-hybridized carbons (Fsp3) is 0.600. The van der Waals surface area contributed by atoms with Crippen LogP contribution in [0.4, 0.5) is 0 Å². The number of hydroxylamine groups is 1. The van der Waals surface area contributed by atoms with Gasteiger partial charge >= 0.3 is 0 Å². The molecule has 21 heavy (non-hydrogen) atoms. The number of rotatable bonds is 3. The third-order valence-corrected chi connectivity index (χ3v) is 4.09. The molecule has 3 rings (SSSR count). The van der Waals surface area contributed by atoms with Gasteiger partial charge in [-0.1, -0.05) is 0 Å². The number of aromatic nitrogens is 1. The summed E-state index contributed by atoms with van der Waals surface area (Å²) < 4.78 is 5.39. The Morgan fingerprint density at radius 1 is 1.33 bits per heavy atom. The number of fused-ring (bicyclic) bond motifs is 1. The Bertz CT molecular complexity index is 558. The maximum absolute atomic E-state index is 12.2. The van der Waals surface area contributed by atoms with Gasteiger partial charge in [-0.3, -0.25) is 9.59 Å². The number of aromatic amines is 1. The zero-order chi connectivity index (χ0) is 14.8. The first-order valence-electron chi connectivity index (χ1n) is 7.49. The van der Waals surface area contributed by atoms with E-state index in [0.29, 0.717) is 29.8 Å². The van der Waals surface area contributed by atoms with E-state index in [0.717, 1.165) is 37.8 Å². The van der Waals surface area contributed by atoms with E-state index in [1.807, 2.05) is 0 Å². The first-order chi connectivity index (χ1) is 10.2. The molecule has 1 unspecified atom stereocenters. The summed E-state index contributed by atoms with van der Waals surface area (Å²) in [5, 5.41) is 0. The van der Waals surface area contributed by atoms with E-state index in [1.54, 1.807) is 6.92 Å². The number of hydrogen-bond donors (Lipinski definition) is 2. The van der Waals surface area contributed by atoms with Gasteiger partial charge in [0.2, 0.25) is 0 Å². The van der Waals surface area contributed by atoms with E-state index >= 15 is 0 Å². The number of Topliss-reactive ketones (excluding diaryl/α,β-unsaturated/α-hetero) is 1. The summed E-state index contributed by atoms with van der Waals surface area (Å²) in [6.45, 7) is 2.45. The number of hydrogen-bond acceptors (Lipinski definition) is 4. The minimum absolute atomic E-state index is 0.112. The quantitative estimate of drug-likeness (QED) is 0.835. The average Bonchev–Trinajstić information content (AvgIpc) is 2.84. The molecule has 1 amide bonds. The highest BCUT2D eigenvalue weighted by Crippen LogP contribution is 2.26. The lowest BCUT2D eigenvalue weighted by atomic mass is 9.94. The Hall–Kier alpha value is -1.66. The van der Waals surface area contributed by atoms with E-state index < -0.39 is 0 Å². The van der Waals surface area contributed by atoms with Gasteiger partial charge < -0.3 is 9.72 Å². The molecule has 0 aromatic carbocycles. The number of carbonyl (C=O) groups excluding carboxylic acids is 2. The number of carbonyl (C=O) groups is 2. The van der Waals surface area contributed by atoms with Crippen molar-refractivity contribution in [2.45, 2.75) is 51.7 Å². The topological polar surface area (TPSA) is 80.4 Å². The molecule has 6 heteroatoms. The van der Waals surface area contributed by atoms with Crippen molar-refractivity contribution in [2.75, 3.05) is 6.61 Å². The second-order valence-corrected chi connectivity index (χ2v) is 5.60. The number of ether oxygens (including phenoxy) is 1. The first kappa shape index (κ1) is 14.3. The largest absolute Gasteiger partial charge is 0.353 e. The summed E-state index contributed by atoms with van der Waals surface area (Å²) >= 11 is 0. The van der Waals surface area contributed by atoms with Crippen molar-refractivity contribution in [1.29, 1.82) is 0 Å². The molecule has 6 nitrogen and oxygen atoms in total. The Morgan fingerprint density at radius 3 is 2.90 bits per heavy atom. The maximum atomic E-state index is 12.2. The maximum Gasteiger partial charge on any atom is 0.291 e. The van der Waals surface area contributed by atoms with Gasteiger partial charge in [0.05, 0.1) is 0 Å². The fourth-order valence-corrected chi connectivity index (χ4v) is 2.98. The zero-order valence-electron chi connectivity index (χ0n) is 12.2. The number of aryl methyl sites for hydroxylation is 1. The Labute approximate surface area is 123 Å². The molecule has 1 atom stereocenters. The molecule has 1 saturated heterocycles. The van der Waals surface area contributed by atoms with Crippen LogP contribution in [-0.2, 0) is 16.0 Å². The molecule has 2 N–H and O–H groups in total. The standard InChI is InChI=1S/C15H20N2O4/c1-9-13-10(5-4-6-11(13)18)16-14(9)15(19)17-21-12-7-2-3-8-20-12/h12,16H,2-8H2,1H3,(H,17,19). The molecule has 1 fully saturated rings. The van der Waals surface area contributed by atoms with E-state index in [9.17, 15) is 9.59 Å². The molecule has 1 aromatic rings. The van der Waals surface area contributed by atoms with E-state index in [-0.39, 0.29) is 18.0 Å². The summed E-state index contributed by atoms with van der Waals surface area (Å²) in [6.07, 6.45) is 4.65. The molecule has 114 valence electrons. The van der Waals surface area contributed by atoms with Gasteiger partial charge in [0.25, 0.3) is 5.91 Å². The van der Waals surface area contributed by atoms with Crippen LogP contribution in [0.2, 0.25) is 0 Å². The molecule has 1 aliphatic heterocycles. The van der Waals surface area contributed by atoms with Crippen LogP contribution in [0.1, 0.15) is 64.2 Å². The van der Waals surface area contributed by atoms with Gasteiger partial charge in [-0.2, -0.15) is 0 Å². The summed E-state index contributed by atoms with van der Waals surface area (Å²) in [5.74, 6) is -0.246. The average molecular weight is 292 g/mol. The molecule has 1 aromatic heterocycles. The summed E-state index contributed by atoms with van der Waals surface area (Å²) in [5.41, 5.74) is 5.09. The number of ketones is 1. The fourth-order valence-electron chi connectivity index (χ4n) is 2.98. The van der Waals surface area contributed by atoms with Crippen molar-refractivity contribution in [2.24, 2.45) is 0 Å². The minimum Gasteiger partial charge on any atom is -0.353 e. The molecule has 0 bridgehead atoms. The molecule has 0 radical (unpaired) electrons. The molecule has 2 aliphatic rings. The predicted octanol–water partition coefficient (Wildman–Crippen LogP) is 2.03. The van der Waals surface area contributed by atoms with E-state index in [1.165, 1.54) is 0 Å². The lowest BCUT2D eigenvalue weighted by Gasteiger charge is -2.22. The van der Waals surface area contributed by atoms with Crippen LogP contribution >= 0.6 is 0 Å². The highest BCUT2D eigenvalue weighted by Gasteiger charge is 2.27. The summed E-state index contributed by atoms with van der Waals surface area (Å²) in [6, 6.07) is 0. The van der Waals surface area contributed by atoms with Crippen molar-refractivity contribution in [1.82, 2.24) is 10.5 Å². The molecular formula is C15H20N2O4. The van der Waals surface area contributed by atoms with Crippen molar-refractivity contribution < 1.29 is 19.2 Å². The van der Waals surface area contributed by atoms with Gasteiger partial charge in [-0.25, -0.2) is 10.3 Å². The number of H-pyrrole nitrogens is 1. The van der Waals surface area contributed by atoms with Gasteiger partial charge in [0, 0.05) is 30.7 Å². The van der Waals surface area contributed by atoms with E-state index in [2.05, 4.69) is 10.5 Å². The smallest absolute Gasteiger partial charge is 0.291 e. The van der Waals surface area contributed by atoms with Crippen LogP contribution in [0.25, 0.3) is 0 Å². The van der Waals surface area contributed by atoms with Crippen LogP contribution in [0, 0.1) is 6.92 Å². The Morgan fingerprint density at radius 2 is 2.19 bits per heavy atom.